The van der Waals surface area contributed by atoms with Crippen molar-refractivity contribution in [1.29, 1.82) is 0 Å². The quantitative estimate of drug-likeness (QED) is 0.553. The Balaban J connectivity index is 2.01. The van der Waals surface area contributed by atoms with E-state index in [2.05, 4.69) is 5.32 Å². The number of rotatable bonds is 8. The van der Waals surface area contributed by atoms with Gasteiger partial charge in [0.15, 0.2) is 6.54 Å². The van der Waals surface area contributed by atoms with Gasteiger partial charge in [0.05, 0.1) is 43.3 Å². The number of nitrogens with one attached hydrogen (secondary N) is 2. The first-order chi connectivity index (χ1) is 13.7. The molecule has 1 aromatic carbocycles. The van der Waals surface area contributed by atoms with E-state index in [1.165, 1.54) is 39.4 Å². The summed E-state index contributed by atoms with van der Waals surface area (Å²) in [5.74, 6) is -0.131. The summed E-state index contributed by atoms with van der Waals surface area (Å²) in [6.07, 6.45) is 1.36. The third-order valence-corrected chi connectivity index (χ3v) is 6.76. The summed E-state index contributed by atoms with van der Waals surface area (Å²) < 4.78 is 36.1. The molecule has 1 saturated heterocycles. The first-order valence-electron chi connectivity index (χ1n) is 9.59. The molecule has 0 aliphatic carbocycles. The van der Waals surface area contributed by atoms with Crippen LogP contribution >= 0.6 is 0 Å². The number of ether oxygens (including phenoxy) is 2. The number of anilines is 1. The molecule has 0 unspecified atom stereocenters. The average Bonchev–Trinajstić information content (AvgIpc) is 2.68. The van der Waals surface area contributed by atoms with Gasteiger partial charge in [0.2, 0.25) is 10.0 Å². The topological polar surface area (TPSA) is 106 Å². The number of benzene rings is 1. The number of carbonyl (C=O) groups is 2. The van der Waals surface area contributed by atoms with Gasteiger partial charge in [-0.3, -0.25) is 9.59 Å². The molecule has 0 radical (unpaired) electrons. The van der Waals surface area contributed by atoms with E-state index in [0.29, 0.717) is 44.0 Å². The minimum absolute atomic E-state index is 0.0706. The van der Waals surface area contributed by atoms with Crippen molar-refractivity contribution in [1.82, 2.24) is 4.31 Å². The highest BCUT2D eigenvalue weighted by Crippen LogP contribution is 2.28. The lowest BCUT2D eigenvalue weighted by Crippen LogP contribution is -3.14. The van der Waals surface area contributed by atoms with Crippen molar-refractivity contribution in [3.8, 4) is 5.75 Å². The maximum absolute atomic E-state index is 12.5. The highest BCUT2D eigenvalue weighted by atomic mass is 32.2. The number of piperidine rings is 1. The molecular formula is C19H30N3O6S+. The Morgan fingerprint density at radius 2 is 1.90 bits per heavy atom. The van der Waals surface area contributed by atoms with Gasteiger partial charge in [0.25, 0.3) is 5.91 Å². The van der Waals surface area contributed by atoms with Crippen molar-refractivity contribution in [2.75, 3.05) is 52.8 Å². The fourth-order valence-electron chi connectivity index (χ4n) is 3.28. The van der Waals surface area contributed by atoms with Gasteiger partial charge in [-0.1, -0.05) is 0 Å². The van der Waals surface area contributed by atoms with Gasteiger partial charge in [-0.15, -0.1) is 0 Å². The van der Waals surface area contributed by atoms with Gasteiger partial charge in [0, 0.05) is 26.9 Å². The number of methoxy groups -OCH3 is 1. The molecule has 1 fully saturated rings. The predicted molar refractivity (Wildman–Crippen MR) is 107 cm³/mol. The molecule has 10 heteroatoms. The largest absolute Gasteiger partial charge is 0.495 e. The lowest BCUT2D eigenvalue weighted by Gasteiger charge is -2.27. The van der Waals surface area contributed by atoms with E-state index in [-0.39, 0.29) is 29.2 Å². The van der Waals surface area contributed by atoms with Crippen LogP contribution in [0.25, 0.3) is 0 Å². The number of quaternary nitrogens is 1. The number of hydrogen-bond donors (Lipinski definition) is 2. The van der Waals surface area contributed by atoms with Crippen LogP contribution in [-0.4, -0.2) is 72.0 Å². The molecule has 0 bridgehead atoms. The van der Waals surface area contributed by atoms with Crippen molar-refractivity contribution in [2.24, 2.45) is 5.92 Å². The summed E-state index contributed by atoms with van der Waals surface area (Å²) in [6, 6.07) is 4.35. The molecular weight excluding hydrogens is 398 g/mol. The maximum atomic E-state index is 12.5. The summed E-state index contributed by atoms with van der Waals surface area (Å²) in [6.45, 7) is 3.78. The fourth-order valence-corrected chi connectivity index (χ4v) is 4.20. The maximum Gasteiger partial charge on any atom is 0.309 e. The van der Waals surface area contributed by atoms with Crippen molar-refractivity contribution in [3.63, 3.8) is 0 Å². The normalized spacial score (nSPS) is 19.6. The molecule has 0 spiro atoms. The summed E-state index contributed by atoms with van der Waals surface area (Å²) >= 11 is 0. The minimum atomic E-state index is -3.63. The summed E-state index contributed by atoms with van der Waals surface area (Å²) in [7, 11) is 0.717. The lowest BCUT2D eigenvalue weighted by molar-refractivity contribution is -0.897. The molecule has 162 valence electrons. The van der Waals surface area contributed by atoms with Gasteiger partial charge in [-0.25, -0.2) is 12.7 Å². The third kappa shape index (κ3) is 5.91. The van der Waals surface area contributed by atoms with E-state index >= 15 is 0 Å². The van der Waals surface area contributed by atoms with Gasteiger partial charge in [-0.05, 0) is 25.1 Å². The van der Waals surface area contributed by atoms with E-state index in [1.807, 2.05) is 0 Å². The first-order valence-corrected chi connectivity index (χ1v) is 11.0. The molecule has 0 atom stereocenters. The van der Waals surface area contributed by atoms with Crippen LogP contribution < -0.4 is 15.0 Å². The van der Waals surface area contributed by atoms with Crippen LogP contribution in [0.15, 0.2) is 23.1 Å². The fraction of sp³-hybridized carbons (Fsp3) is 0.579. The Hall–Kier alpha value is -2.17. The van der Waals surface area contributed by atoms with Gasteiger partial charge in [0.1, 0.15) is 5.75 Å². The summed E-state index contributed by atoms with van der Waals surface area (Å²) in [4.78, 5) is 25.5. The standard InChI is InChI=1S/C19H29N3O6S/c1-5-28-19(24)14-8-10-22(11-9-14)13-18(23)20-16-12-15(6-7-17(16)27-4)29(25,26)21(2)3/h6-7,12,14H,5,8-11,13H2,1-4H3,(H,20,23)/p+1. The monoisotopic (exact) mass is 428 g/mol. The highest BCUT2D eigenvalue weighted by molar-refractivity contribution is 7.89. The molecule has 1 aliphatic heterocycles. The second kappa shape index (κ2) is 10.0. The Bertz CT molecular complexity index is 832. The molecule has 1 aromatic rings. The minimum Gasteiger partial charge on any atom is -0.495 e. The lowest BCUT2D eigenvalue weighted by atomic mass is 9.97. The zero-order valence-electron chi connectivity index (χ0n) is 17.4. The number of esters is 1. The molecule has 2 rings (SSSR count). The van der Waals surface area contributed by atoms with Crippen LogP contribution in [0.1, 0.15) is 19.8 Å². The van der Waals surface area contributed by atoms with Crippen LogP contribution in [0.4, 0.5) is 5.69 Å². The van der Waals surface area contributed by atoms with Gasteiger partial charge < -0.3 is 19.7 Å². The van der Waals surface area contributed by atoms with Crippen molar-refractivity contribution in [3.05, 3.63) is 18.2 Å². The van der Waals surface area contributed by atoms with Crippen molar-refractivity contribution >= 4 is 27.6 Å². The van der Waals surface area contributed by atoms with Crippen LogP contribution in [0.3, 0.4) is 0 Å². The van der Waals surface area contributed by atoms with Crippen molar-refractivity contribution in [2.45, 2.75) is 24.7 Å². The number of amides is 1. The van der Waals surface area contributed by atoms with E-state index in [0.717, 1.165) is 9.21 Å². The SMILES string of the molecule is CCOC(=O)C1CC[NH+](CC(=O)Nc2cc(S(=O)(=O)N(C)C)ccc2OC)CC1. The summed E-state index contributed by atoms with van der Waals surface area (Å²) in [5, 5.41) is 2.76. The molecule has 29 heavy (non-hydrogen) atoms. The smallest absolute Gasteiger partial charge is 0.309 e. The number of sulfonamides is 1. The van der Waals surface area contributed by atoms with E-state index < -0.39 is 10.0 Å². The zero-order valence-corrected chi connectivity index (χ0v) is 18.2. The molecule has 0 aromatic heterocycles. The molecule has 1 aliphatic rings. The van der Waals surface area contributed by atoms with Crippen LogP contribution in [0.2, 0.25) is 0 Å². The molecule has 1 heterocycles. The van der Waals surface area contributed by atoms with Crippen LogP contribution in [0, 0.1) is 5.92 Å². The molecule has 9 nitrogen and oxygen atoms in total. The Morgan fingerprint density at radius 1 is 1.24 bits per heavy atom. The van der Waals surface area contributed by atoms with Crippen LogP contribution in [-0.2, 0) is 24.3 Å². The Morgan fingerprint density at radius 3 is 2.45 bits per heavy atom. The molecule has 2 N–H and O–H groups in total. The third-order valence-electron chi connectivity index (χ3n) is 4.95. The Kier molecular flexibility index (Phi) is 8.00. The highest BCUT2D eigenvalue weighted by Gasteiger charge is 2.29. The Labute approximate surface area is 172 Å². The van der Waals surface area contributed by atoms with Crippen LogP contribution in [0.5, 0.6) is 5.75 Å². The van der Waals surface area contributed by atoms with Gasteiger partial charge >= 0.3 is 5.97 Å². The second-order valence-corrected chi connectivity index (χ2v) is 9.30. The van der Waals surface area contributed by atoms with E-state index in [4.69, 9.17) is 9.47 Å². The summed E-state index contributed by atoms with van der Waals surface area (Å²) in [5.41, 5.74) is 0.307. The second-order valence-electron chi connectivity index (χ2n) is 7.15. The predicted octanol–water partition coefficient (Wildman–Crippen LogP) is -0.258. The number of nitrogens with zero attached hydrogens (tertiary/aromatic N) is 1. The molecule has 0 saturated carbocycles. The van der Waals surface area contributed by atoms with Crippen molar-refractivity contribution < 1.29 is 32.4 Å². The van der Waals surface area contributed by atoms with Gasteiger partial charge in [-0.2, -0.15) is 0 Å². The van der Waals surface area contributed by atoms with E-state index in [1.54, 1.807) is 6.92 Å². The zero-order chi connectivity index (χ0) is 21.6. The first kappa shape index (κ1) is 23.1. The molecule has 1 amide bonds. The van der Waals surface area contributed by atoms with E-state index in [9.17, 15) is 18.0 Å². The number of carbonyl (C=O) groups excluding carboxylic acids is 2. The number of likely N-dealkylation sites (tertiary alicyclic amines) is 1. The average molecular weight is 429 g/mol. The number of hydrogen-bond acceptors (Lipinski definition) is 6.